The van der Waals surface area contributed by atoms with E-state index < -0.39 is 11.0 Å². The van der Waals surface area contributed by atoms with Crippen LogP contribution in [0, 0.1) is 5.41 Å². The minimum atomic E-state index is -1.03. The van der Waals surface area contributed by atoms with E-state index >= 15 is 0 Å². The number of carbonyl (C=O) groups excluding carboxylic acids is 1. The molecular weight excluding hydrogens is 234 g/mol. The van der Waals surface area contributed by atoms with Gasteiger partial charge in [-0.2, -0.15) is 5.48 Å². The molecule has 0 aromatic carbocycles. The van der Waals surface area contributed by atoms with Gasteiger partial charge in [0.15, 0.2) is 0 Å². The summed E-state index contributed by atoms with van der Waals surface area (Å²) in [6.07, 6.45) is 4.67. The summed E-state index contributed by atoms with van der Waals surface area (Å²) in [5, 5.41) is 11.0. The van der Waals surface area contributed by atoms with E-state index in [0.29, 0.717) is 25.9 Å². The van der Waals surface area contributed by atoms with E-state index in [2.05, 4.69) is 5.48 Å². The zero-order chi connectivity index (χ0) is 13.2. The van der Waals surface area contributed by atoms with Gasteiger partial charge in [-0.15, -0.1) is 0 Å². The van der Waals surface area contributed by atoms with Crippen molar-refractivity contribution >= 4 is 5.97 Å². The molecular formula is C13H23NO4. The minimum Gasteiger partial charge on any atom is -0.465 e. The fraction of sp³-hybridized carbons (Fsp3) is 0.923. The monoisotopic (exact) mass is 257 g/mol. The zero-order valence-electron chi connectivity index (χ0n) is 11.2. The average molecular weight is 257 g/mol. The number of aliphatic hydroxyl groups is 1. The molecule has 0 heterocycles. The lowest BCUT2D eigenvalue weighted by Gasteiger charge is -2.46. The van der Waals surface area contributed by atoms with Gasteiger partial charge in [-0.1, -0.05) is 12.8 Å². The van der Waals surface area contributed by atoms with Crippen LogP contribution in [0.15, 0.2) is 0 Å². The van der Waals surface area contributed by atoms with Crippen LogP contribution in [0.1, 0.15) is 45.4 Å². The molecule has 0 saturated heterocycles. The van der Waals surface area contributed by atoms with Gasteiger partial charge in [0.05, 0.1) is 30.8 Å². The van der Waals surface area contributed by atoms with Gasteiger partial charge >= 0.3 is 5.97 Å². The van der Waals surface area contributed by atoms with E-state index in [1.54, 1.807) is 6.92 Å². The van der Waals surface area contributed by atoms with Crippen LogP contribution in [-0.4, -0.2) is 36.4 Å². The van der Waals surface area contributed by atoms with Gasteiger partial charge in [-0.05, 0) is 32.6 Å². The lowest BCUT2D eigenvalue weighted by Crippen LogP contribution is -2.60. The Morgan fingerprint density at radius 2 is 2.11 bits per heavy atom. The van der Waals surface area contributed by atoms with Gasteiger partial charge in [-0.3, -0.25) is 4.79 Å². The van der Waals surface area contributed by atoms with Crippen LogP contribution in [-0.2, 0) is 14.4 Å². The summed E-state index contributed by atoms with van der Waals surface area (Å²) in [4.78, 5) is 17.3. The second kappa shape index (κ2) is 5.15. The van der Waals surface area contributed by atoms with E-state index in [-0.39, 0.29) is 12.0 Å². The zero-order valence-corrected chi connectivity index (χ0v) is 11.2. The highest BCUT2D eigenvalue weighted by Crippen LogP contribution is 2.55. The van der Waals surface area contributed by atoms with Crippen molar-refractivity contribution in [1.29, 1.82) is 0 Å². The van der Waals surface area contributed by atoms with Crippen molar-refractivity contribution in [2.24, 2.45) is 5.41 Å². The number of esters is 1. The van der Waals surface area contributed by atoms with Crippen molar-refractivity contribution in [3.8, 4) is 0 Å². The van der Waals surface area contributed by atoms with Gasteiger partial charge in [0, 0.05) is 0 Å². The van der Waals surface area contributed by atoms with Crippen LogP contribution < -0.4 is 5.48 Å². The van der Waals surface area contributed by atoms with Crippen LogP contribution in [0.25, 0.3) is 0 Å². The molecule has 0 bridgehead atoms. The fourth-order valence-corrected chi connectivity index (χ4v) is 3.70. The second-order valence-corrected chi connectivity index (χ2v) is 5.35. The quantitative estimate of drug-likeness (QED) is 0.584. The molecule has 2 rings (SSSR count). The Labute approximate surface area is 108 Å². The maximum absolute atomic E-state index is 12.3. The third kappa shape index (κ3) is 1.85. The summed E-state index contributed by atoms with van der Waals surface area (Å²) in [5.41, 5.74) is 1.08. The lowest BCUT2D eigenvalue weighted by atomic mass is 9.64. The molecule has 0 spiro atoms. The highest BCUT2D eigenvalue weighted by molar-refractivity contribution is 5.79. The van der Waals surface area contributed by atoms with Crippen molar-refractivity contribution in [1.82, 2.24) is 5.48 Å². The number of hydroxylamine groups is 1. The molecule has 18 heavy (non-hydrogen) atoms. The highest BCUT2D eigenvalue weighted by atomic mass is 16.6. The third-order valence-corrected chi connectivity index (χ3v) is 4.60. The number of rotatable bonds is 4. The fourth-order valence-electron chi connectivity index (χ4n) is 3.70. The van der Waals surface area contributed by atoms with E-state index in [1.165, 1.54) is 7.11 Å². The lowest BCUT2D eigenvalue weighted by molar-refractivity contribution is -0.184. The molecule has 0 radical (unpaired) electrons. The first-order chi connectivity index (χ1) is 8.60. The van der Waals surface area contributed by atoms with Crippen LogP contribution in [0.2, 0.25) is 0 Å². The van der Waals surface area contributed by atoms with Crippen molar-refractivity contribution in [2.45, 2.75) is 57.1 Å². The van der Waals surface area contributed by atoms with E-state index in [0.717, 1.165) is 19.3 Å². The summed E-state index contributed by atoms with van der Waals surface area (Å²) in [6, 6.07) is -0.188. The first kappa shape index (κ1) is 13.8. The van der Waals surface area contributed by atoms with Gasteiger partial charge < -0.3 is 14.7 Å². The highest BCUT2D eigenvalue weighted by Gasteiger charge is 2.65. The molecule has 5 nitrogen and oxygen atoms in total. The summed E-state index contributed by atoms with van der Waals surface area (Å²) in [6.45, 7) is 2.16. The van der Waals surface area contributed by atoms with Crippen molar-refractivity contribution < 1.29 is 19.5 Å². The molecule has 104 valence electrons. The average Bonchev–Trinajstić information content (AvgIpc) is 2.65. The molecule has 5 heteroatoms. The van der Waals surface area contributed by atoms with Crippen molar-refractivity contribution in [3.63, 3.8) is 0 Å². The molecule has 0 aromatic rings. The first-order valence-electron chi connectivity index (χ1n) is 6.79. The maximum atomic E-state index is 12.3. The number of nitrogens with one attached hydrogen (secondary N) is 1. The Morgan fingerprint density at radius 3 is 2.78 bits per heavy atom. The maximum Gasteiger partial charge on any atom is 0.315 e. The molecule has 2 fully saturated rings. The van der Waals surface area contributed by atoms with Gasteiger partial charge in [0.1, 0.15) is 0 Å². The Balaban J connectivity index is 2.28. The summed E-state index contributed by atoms with van der Waals surface area (Å²) < 4.78 is 5.21. The molecule has 2 saturated carbocycles. The Bertz CT molecular complexity index is 322. The summed E-state index contributed by atoms with van der Waals surface area (Å²) >= 11 is 0. The largest absolute Gasteiger partial charge is 0.465 e. The predicted molar refractivity (Wildman–Crippen MR) is 65.7 cm³/mol. The smallest absolute Gasteiger partial charge is 0.315 e. The predicted octanol–water partition coefficient (Wildman–Crippen LogP) is 1.15. The van der Waals surface area contributed by atoms with Gasteiger partial charge in [0.25, 0.3) is 0 Å². The standard InChI is InChI=1S/C13H23NO4/c1-3-18-11(15)12-7-4-5-8-13(12,16)10(6-9-12)14-17-2/h10,14,16H,3-9H2,1-2H3/t10-,12+,13+/m1/s1. The van der Waals surface area contributed by atoms with Crippen LogP contribution in [0.4, 0.5) is 0 Å². The molecule has 0 aromatic heterocycles. The molecule has 2 aliphatic carbocycles. The normalized spacial score (nSPS) is 39.4. The Hall–Kier alpha value is -0.650. The number of ether oxygens (including phenoxy) is 1. The molecule has 0 amide bonds. The molecule has 2 aliphatic rings. The topological polar surface area (TPSA) is 67.8 Å². The van der Waals surface area contributed by atoms with Gasteiger partial charge in [0.2, 0.25) is 0 Å². The van der Waals surface area contributed by atoms with Crippen molar-refractivity contribution in [2.75, 3.05) is 13.7 Å². The minimum absolute atomic E-state index is 0.188. The van der Waals surface area contributed by atoms with Crippen LogP contribution in [0.3, 0.4) is 0 Å². The van der Waals surface area contributed by atoms with Crippen molar-refractivity contribution in [3.05, 3.63) is 0 Å². The number of fused-ring (bicyclic) bond motifs is 1. The Morgan fingerprint density at radius 1 is 1.39 bits per heavy atom. The number of carbonyl (C=O) groups is 1. The van der Waals surface area contributed by atoms with E-state index in [1.807, 2.05) is 0 Å². The van der Waals surface area contributed by atoms with Crippen LogP contribution in [0.5, 0.6) is 0 Å². The molecule has 0 aliphatic heterocycles. The van der Waals surface area contributed by atoms with Gasteiger partial charge in [-0.25, -0.2) is 0 Å². The number of hydrogen-bond donors (Lipinski definition) is 2. The van der Waals surface area contributed by atoms with Crippen LogP contribution >= 0.6 is 0 Å². The van der Waals surface area contributed by atoms with E-state index in [4.69, 9.17) is 9.57 Å². The Kier molecular flexibility index (Phi) is 3.94. The molecule has 0 unspecified atom stereocenters. The number of hydrogen-bond acceptors (Lipinski definition) is 5. The second-order valence-electron chi connectivity index (χ2n) is 5.35. The summed E-state index contributed by atoms with van der Waals surface area (Å²) in [5.74, 6) is -0.243. The summed E-state index contributed by atoms with van der Waals surface area (Å²) in [7, 11) is 1.54. The molecule has 2 N–H and O–H groups in total. The third-order valence-electron chi connectivity index (χ3n) is 4.60. The SMILES string of the molecule is CCOC(=O)[C@@]12CCCC[C@]1(O)[C@H](NOC)CC2. The molecule has 3 atom stereocenters. The first-order valence-corrected chi connectivity index (χ1v) is 6.79. The van der Waals surface area contributed by atoms with E-state index in [9.17, 15) is 9.90 Å².